The van der Waals surface area contributed by atoms with Crippen molar-refractivity contribution in [1.82, 2.24) is 10.2 Å². The summed E-state index contributed by atoms with van der Waals surface area (Å²) in [6.07, 6.45) is 2.36. The fourth-order valence-corrected chi connectivity index (χ4v) is 5.03. The van der Waals surface area contributed by atoms with E-state index in [4.69, 9.17) is 21.6 Å². The Hall–Kier alpha value is -3.41. The van der Waals surface area contributed by atoms with Gasteiger partial charge in [0.2, 0.25) is 0 Å². The lowest BCUT2D eigenvalue weighted by atomic mass is 9.85. The van der Waals surface area contributed by atoms with Gasteiger partial charge >= 0.3 is 6.03 Å². The number of carbonyl (C=O) groups is 2. The van der Waals surface area contributed by atoms with Crippen LogP contribution in [-0.4, -0.2) is 42.6 Å². The summed E-state index contributed by atoms with van der Waals surface area (Å²) in [5, 5.41) is 14.7. The predicted molar refractivity (Wildman–Crippen MR) is 140 cm³/mol. The Morgan fingerprint density at radius 2 is 1.97 bits per heavy atom. The fraction of sp³-hybridized carbons (Fsp3) is 0.393. The first-order valence-corrected chi connectivity index (χ1v) is 12.8. The van der Waals surface area contributed by atoms with E-state index in [-0.39, 0.29) is 37.9 Å². The molecule has 0 saturated carbocycles. The van der Waals surface area contributed by atoms with E-state index in [0.29, 0.717) is 46.1 Å². The maximum atomic E-state index is 15.7. The van der Waals surface area contributed by atoms with E-state index in [1.54, 1.807) is 41.3 Å². The van der Waals surface area contributed by atoms with E-state index in [1.807, 2.05) is 13.0 Å². The van der Waals surface area contributed by atoms with E-state index >= 15 is 4.39 Å². The van der Waals surface area contributed by atoms with Crippen LogP contribution >= 0.6 is 11.6 Å². The average Bonchev–Trinajstić information content (AvgIpc) is 3.45. The summed E-state index contributed by atoms with van der Waals surface area (Å²) in [5.74, 6) is -0.234. The summed E-state index contributed by atoms with van der Waals surface area (Å²) in [5.41, 5.74) is 1.37. The number of hydrogen-bond acceptors (Lipinski definition) is 4. The predicted octanol–water partition coefficient (Wildman–Crippen LogP) is 5.69. The quantitative estimate of drug-likeness (QED) is 0.507. The number of anilines is 1. The Labute approximate surface area is 221 Å². The third kappa shape index (κ3) is 5.95. The van der Waals surface area contributed by atoms with Crippen molar-refractivity contribution < 1.29 is 18.7 Å². The third-order valence-electron chi connectivity index (χ3n) is 7.02. The van der Waals surface area contributed by atoms with Crippen LogP contribution in [0.4, 0.5) is 14.9 Å². The molecule has 0 aliphatic carbocycles. The number of nitrogens with zero attached hydrogens (tertiary/aromatic N) is 2. The van der Waals surface area contributed by atoms with E-state index in [9.17, 15) is 9.59 Å². The summed E-state index contributed by atoms with van der Waals surface area (Å²) in [4.78, 5) is 27.7. The fourth-order valence-electron chi connectivity index (χ4n) is 4.80. The van der Waals surface area contributed by atoms with Gasteiger partial charge in [-0.2, -0.15) is 5.26 Å². The summed E-state index contributed by atoms with van der Waals surface area (Å²) in [6.45, 7) is 6.92. The smallest absolute Gasteiger partial charge is 0.323 e. The number of rotatable bonds is 6. The van der Waals surface area contributed by atoms with Crippen LogP contribution in [-0.2, 0) is 16.8 Å². The minimum atomic E-state index is -1.56. The zero-order chi connectivity index (χ0) is 26.6. The van der Waals surface area contributed by atoms with Gasteiger partial charge in [0.05, 0.1) is 28.4 Å². The molecular formula is C28H30ClFN4O3. The summed E-state index contributed by atoms with van der Waals surface area (Å²) in [6, 6.07) is 11.3. The van der Waals surface area contributed by atoms with Crippen molar-refractivity contribution in [3.05, 3.63) is 76.0 Å². The van der Waals surface area contributed by atoms with Gasteiger partial charge in [0, 0.05) is 43.8 Å². The number of piperidine rings is 1. The van der Waals surface area contributed by atoms with Gasteiger partial charge in [0.15, 0.2) is 0 Å². The van der Waals surface area contributed by atoms with Crippen molar-refractivity contribution in [2.45, 2.75) is 50.8 Å². The van der Waals surface area contributed by atoms with Crippen molar-refractivity contribution in [3.8, 4) is 6.07 Å². The molecular weight excluding hydrogens is 495 g/mol. The number of urea groups is 1. The molecule has 2 aliphatic heterocycles. The van der Waals surface area contributed by atoms with Gasteiger partial charge in [0.25, 0.3) is 5.91 Å². The molecule has 1 atom stereocenters. The van der Waals surface area contributed by atoms with Gasteiger partial charge in [0.1, 0.15) is 5.67 Å². The van der Waals surface area contributed by atoms with Gasteiger partial charge in [-0.1, -0.05) is 37.2 Å². The number of alkyl halides is 1. The zero-order valence-corrected chi connectivity index (χ0v) is 21.5. The summed E-state index contributed by atoms with van der Waals surface area (Å²) < 4.78 is 21.2. The maximum Gasteiger partial charge on any atom is 0.323 e. The number of carbonyl (C=O) groups excluding carboxylic acids is 2. The van der Waals surface area contributed by atoms with E-state index in [1.165, 1.54) is 0 Å². The lowest BCUT2D eigenvalue weighted by molar-refractivity contribution is 0.0420. The molecule has 0 aromatic heterocycles. The number of amides is 3. The summed E-state index contributed by atoms with van der Waals surface area (Å²) >= 11 is 6.42. The van der Waals surface area contributed by atoms with Crippen LogP contribution in [0.5, 0.6) is 0 Å². The standard InChI is InChI=1S/C28H30ClFN4O3/c1-3-20-15-23(29)24(33-27(36)32-18(2)25-5-4-14-37-25)16-22(20)26(35)34-12-10-28(30,11-13-34)21-8-6-19(17-31)7-9-21/h6-9,15-16,25H,2-5,10-14H2,1H3,(H2,32,33,36)/t25-/m1/s1. The first-order valence-electron chi connectivity index (χ1n) is 12.4. The van der Waals surface area contributed by atoms with Gasteiger partial charge in [-0.15, -0.1) is 0 Å². The molecule has 0 unspecified atom stereocenters. The molecule has 2 aromatic rings. The second-order valence-corrected chi connectivity index (χ2v) is 9.80. The maximum absolute atomic E-state index is 15.7. The molecule has 2 saturated heterocycles. The van der Waals surface area contributed by atoms with E-state index < -0.39 is 11.7 Å². The molecule has 37 heavy (non-hydrogen) atoms. The van der Waals surface area contributed by atoms with Crippen LogP contribution in [0, 0.1) is 11.3 Å². The Bertz CT molecular complexity index is 1230. The molecule has 2 fully saturated rings. The van der Waals surface area contributed by atoms with Crippen LogP contribution in [0.2, 0.25) is 5.02 Å². The minimum absolute atomic E-state index is 0.151. The number of ether oxygens (including phenoxy) is 1. The average molecular weight is 525 g/mol. The Kier molecular flexibility index (Phi) is 8.16. The van der Waals surface area contributed by atoms with Gasteiger partial charge in [-0.3, -0.25) is 4.79 Å². The van der Waals surface area contributed by atoms with Crippen LogP contribution < -0.4 is 10.6 Å². The second-order valence-electron chi connectivity index (χ2n) is 9.40. The van der Waals surface area contributed by atoms with Crippen molar-refractivity contribution >= 4 is 29.2 Å². The van der Waals surface area contributed by atoms with Gasteiger partial charge in [-0.25, -0.2) is 9.18 Å². The topological polar surface area (TPSA) is 94.5 Å². The molecule has 194 valence electrons. The Morgan fingerprint density at radius 1 is 1.27 bits per heavy atom. The van der Waals surface area contributed by atoms with Crippen LogP contribution in [0.25, 0.3) is 0 Å². The second kappa shape index (κ2) is 11.3. The molecule has 9 heteroatoms. The normalized spacial score (nSPS) is 18.6. The van der Waals surface area contributed by atoms with Crippen molar-refractivity contribution in [2.75, 3.05) is 25.0 Å². The molecule has 2 aliphatic rings. The van der Waals surface area contributed by atoms with Crippen LogP contribution in [0.3, 0.4) is 0 Å². The van der Waals surface area contributed by atoms with E-state index in [2.05, 4.69) is 17.2 Å². The number of nitriles is 1. The molecule has 3 amide bonds. The number of aryl methyl sites for hydroxylation is 1. The molecule has 0 spiro atoms. The summed E-state index contributed by atoms with van der Waals surface area (Å²) in [7, 11) is 0. The zero-order valence-electron chi connectivity index (χ0n) is 20.8. The first kappa shape index (κ1) is 26.6. The minimum Gasteiger partial charge on any atom is -0.372 e. The molecule has 4 rings (SSSR count). The number of hydrogen-bond donors (Lipinski definition) is 2. The third-order valence-corrected chi connectivity index (χ3v) is 7.33. The Morgan fingerprint density at radius 3 is 2.57 bits per heavy atom. The van der Waals surface area contributed by atoms with Gasteiger partial charge in [-0.05, 0) is 54.7 Å². The van der Waals surface area contributed by atoms with Gasteiger partial charge < -0.3 is 20.3 Å². The monoisotopic (exact) mass is 524 g/mol. The van der Waals surface area contributed by atoms with Crippen LogP contribution in [0.15, 0.2) is 48.7 Å². The highest BCUT2D eigenvalue weighted by atomic mass is 35.5. The number of benzene rings is 2. The highest BCUT2D eigenvalue weighted by molar-refractivity contribution is 6.34. The number of halogens is 2. The largest absolute Gasteiger partial charge is 0.372 e. The van der Waals surface area contributed by atoms with Crippen molar-refractivity contribution in [1.29, 1.82) is 5.26 Å². The lowest BCUT2D eigenvalue weighted by Crippen LogP contribution is -2.43. The van der Waals surface area contributed by atoms with Crippen molar-refractivity contribution in [3.63, 3.8) is 0 Å². The van der Waals surface area contributed by atoms with E-state index in [0.717, 1.165) is 18.4 Å². The first-order chi connectivity index (χ1) is 17.7. The highest BCUT2D eigenvalue weighted by Gasteiger charge is 2.38. The molecule has 2 aromatic carbocycles. The molecule has 0 radical (unpaired) electrons. The Balaban J connectivity index is 1.45. The highest BCUT2D eigenvalue weighted by Crippen LogP contribution is 2.38. The molecule has 0 bridgehead atoms. The lowest BCUT2D eigenvalue weighted by Gasteiger charge is -2.37. The molecule has 2 heterocycles. The van der Waals surface area contributed by atoms with Crippen molar-refractivity contribution in [2.24, 2.45) is 0 Å². The molecule has 7 nitrogen and oxygen atoms in total. The number of likely N-dealkylation sites (tertiary alicyclic amines) is 1. The number of nitrogens with one attached hydrogen (secondary N) is 2. The van der Waals surface area contributed by atoms with Crippen LogP contribution in [0.1, 0.15) is 59.7 Å². The molecule has 2 N–H and O–H groups in total. The SMILES string of the molecule is C=C(NC(=O)Nc1cc(C(=O)N2CCC(F)(c3ccc(C#N)cc3)CC2)c(CC)cc1Cl)[C@H]1CCCO1.